The van der Waals surface area contributed by atoms with Crippen molar-refractivity contribution in [1.29, 1.82) is 0 Å². The van der Waals surface area contributed by atoms with Crippen LogP contribution in [0.25, 0.3) is 0 Å². The molecule has 1 rings (SSSR count). The van der Waals surface area contributed by atoms with E-state index < -0.39 is 25.0 Å². The molecule has 0 heterocycles. The number of rotatable bonds is 10. The number of hydrogen-bond donors (Lipinski definition) is 0. The van der Waals surface area contributed by atoms with Crippen molar-refractivity contribution in [1.82, 2.24) is 0 Å². The van der Waals surface area contributed by atoms with Gasteiger partial charge < -0.3 is 4.74 Å². The molecule has 0 aliphatic rings. The van der Waals surface area contributed by atoms with E-state index >= 15 is 0 Å². The van der Waals surface area contributed by atoms with Gasteiger partial charge >= 0.3 is 75.6 Å². The van der Waals surface area contributed by atoms with E-state index in [1.54, 1.807) is 31.2 Å². The first-order valence-electron chi connectivity index (χ1n) is 8.08. The van der Waals surface area contributed by atoms with Crippen LogP contribution in [-0.4, -0.2) is 38.2 Å². The second-order valence-corrected chi connectivity index (χ2v) is 6.45. The van der Waals surface area contributed by atoms with Crippen LogP contribution in [0.3, 0.4) is 0 Å². The molecule has 0 aromatic heterocycles. The van der Waals surface area contributed by atoms with Crippen LogP contribution >= 0.6 is 0 Å². The molecule has 24 heavy (non-hydrogen) atoms. The van der Waals surface area contributed by atoms with E-state index in [0.717, 1.165) is 0 Å². The van der Waals surface area contributed by atoms with Crippen molar-refractivity contribution >= 4 is 11.8 Å². The molecule has 0 N–H and O–H groups in total. The Kier molecular flexibility index (Phi) is 14.8. The van der Waals surface area contributed by atoms with Gasteiger partial charge in [0.1, 0.15) is 6.42 Å². The summed E-state index contributed by atoms with van der Waals surface area (Å²) in [5, 5.41) is 0. The van der Waals surface area contributed by atoms with Gasteiger partial charge in [0.25, 0.3) is 0 Å². The number of hydrogen-bond acceptors (Lipinski definition) is 6. The zero-order valence-corrected chi connectivity index (χ0v) is 16.4. The van der Waals surface area contributed by atoms with Crippen molar-refractivity contribution in [2.75, 3.05) is 26.4 Å². The first kappa shape index (κ1) is 23.0. The van der Waals surface area contributed by atoms with E-state index in [0.29, 0.717) is 32.0 Å². The third-order valence-corrected chi connectivity index (χ3v) is 4.95. The Balaban J connectivity index is 0.000000470. The predicted octanol–water partition coefficient (Wildman–Crippen LogP) is 3.28. The molecule has 0 saturated heterocycles. The van der Waals surface area contributed by atoms with E-state index in [1.165, 1.54) is 0 Å². The van der Waals surface area contributed by atoms with Crippen molar-refractivity contribution in [3.63, 3.8) is 0 Å². The summed E-state index contributed by atoms with van der Waals surface area (Å²) in [5.74, 6) is -0.676. The van der Waals surface area contributed by atoms with E-state index in [-0.39, 0.29) is 12.2 Å². The third kappa shape index (κ3) is 11.5. The van der Waals surface area contributed by atoms with Gasteiger partial charge in [-0.1, -0.05) is 30.3 Å². The number of Topliss-reactive ketones (excluding diaryl/α,β-unsaturated/α-hetero) is 1. The van der Waals surface area contributed by atoms with Crippen LogP contribution in [0.4, 0.5) is 0 Å². The summed E-state index contributed by atoms with van der Waals surface area (Å²) >= 11 is -1.99. The maximum atomic E-state index is 11.4. The molecule has 0 aliphatic heterocycles. The molecule has 0 radical (unpaired) electrons. The quantitative estimate of drug-likeness (QED) is 0.271. The molecule has 0 saturated carbocycles. The molecular weight excluding hydrogens is 348 g/mol. The number of ketones is 1. The van der Waals surface area contributed by atoms with E-state index in [1.807, 2.05) is 26.8 Å². The van der Waals surface area contributed by atoms with Gasteiger partial charge in [-0.3, -0.25) is 9.59 Å². The number of ether oxygens (including phenoxy) is 1. The fraction of sp³-hybridized carbons (Fsp3) is 0.529. The van der Waals surface area contributed by atoms with Crippen LogP contribution in [0, 0.1) is 0 Å². The van der Waals surface area contributed by atoms with E-state index in [4.69, 9.17) is 9.96 Å². The molecule has 0 aliphatic carbocycles. The van der Waals surface area contributed by atoms with Crippen LogP contribution in [0.15, 0.2) is 30.3 Å². The SMILES string of the molecule is CCOC(=O)CC(=O)c1ccccc1.CC[O][Ti]([O]CC)[O]CC. The van der Waals surface area contributed by atoms with Gasteiger partial charge in [-0.2, -0.15) is 0 Å². The van der Waals surface area contributed by atoms with Gasteiger partial charge in [-0.05, 0) is 6.92 Å². The van der Waals surface area contributed by atoms with Crippen LogP contribution in [0.1, 0.15) is 44.5 Å². The fourth-order valence-corrected chi connectivity index (χ4v) is 3.04. The zero-order chi connectivity index (χ0) is 18.2. The molecule has 0 fully saturated rings. The fourth-order valence-electron chi connectivity index (χ4n) is 1.55. The molecule has 1 aromatic rings. The summed E-state index contributed by atoms with van der Waals surface area (Å²) in [6.45, 7) is 9.94. The molecule has 0 unspecified atom stereocenters. The Bertz CT molecular complexity index is 437. The minimum absolute atomic E-state index is 0.183. The summed E-state index contributed by atoms with van der Waals surface area (Å²) in [6.07, 6.45) is -0.183. The number of esters is 1. The van der Waals surface area contributed by atoms with Crippen LogP contribution in [0.5, 0.6) is 0 Å². The Morgan fingerprint density at radius 1 is 0.833 bits per heavy atom. The molecule has 0 atom stereocenters. The van der Waals surface area contributed by atoms with Gasteiger partial charge in [-0.15, -0.1) is 0 Å². The number of carbonyl (C=O) groups is 2. The predicted molar refractivity (Wildman–Crippen MR) is 86.9 cm³/mol. The molecule has 0 spiro atoms. The molecule has 135 valence electrons. The van der Waals surface area contributed by atoms with Crippen molar-refractivity contribution in [3.8, 4) is 0 Å². The van der Waals surface area contributed by atoms with Crippen molar-refractivity contribution in [2.24, 2.45) is 0 Å². The Morgan fingerprint density at radius 3 is 1.75 bits per heavy atom. The van der Waals surface area contributed by atoms with Gasteiger partial charge in [0, 0.05) is 5.56 Å². The summed E-state index contributed by atoms with van der Waals surface area (Å²) in [4.78, 5) is 22.4. The summed E-state index contributed by atoms with van der Waals surface area (Å²) in [6, 6.07) is 8.71. The molecule has 7 heteroatoms. The Hall–Kier alpha value is -1.05. The minimum atomic E-state index is -1.99. The van der Waals surface area contributed by atoms with Gasteiger partial charge in [0.05, 0.1) is 6.61 Å². The normalized spacial score (nSPS) is 9.67. The summed E-state index contributed by atoms with van der Waals surface area (Å²) in [5.41, 5.74) is 0.542. The first-order chi connectivity index (χ1) is 11.6. The van der Waals surface area contributed by atoms with Crippen molar-refractivity contribution in [3.05, 3.63) is 35.9 Å². The molecular formula is C17H27O6Ti. The topological polar surface area (TPSA) is 71.1 Å². The van der Waals surface area contributed by atoms with Gasteiger partial charge in [0.15, 0.2) is 5.78 Å². The maximum absolute atomic E-state index is 11.4. The summed E-state index contributed by atoms with van der Waals surface area (Å²) < 4.78 is 20.4. The average molecular weight is 375 g/mol. The number of carbonyl (C=O) groups excluding carboxylic acids is 2. The van der Waals surface area contributed by atoms with Gasteiger partial charge in [-0.25, -0.2) is 0 Å². The molecule has 0 bridgehead atoms. The summed E-state index contributed by atoms with van der Waals surface area (Å²) in [7, 11) is 0. The average Bonchev–Trinajstić information content (AvgIpc) is 2.57. The first-order valence-corrected chi connectivity index (χ1v) is 9.99. The standard InChI is InChI=1S/C11H12O3.3C2H5O.Ti/c1-2-14-11(13)8-10(12)9-6-4-3-5-7-9;3*1-2-3;/h3-7H,2,8H2,1H3;3*2H2,1H3;/q;3*-1;+3. The van der Waals surface area contributed by atoms with E-state index in [2.05, 4.69) is 4.74 Å². The van der Waals surface area contributed by atoms with Crippen molar-refractivity contribution < 1.29 is 43.3 Å². The third-order valence-electron chi connectivity index (χ3n) is 2.49. The second kappa shape index (κ2) is 15.5. The van der Waals surface area contributed by atoms with Gasteiger partial charge in [0.2, 0.25) is 0 Å². The van der Waals surface area contributed by atoms with Crippen molar-refractivity contribution in [2.45, 2.75) is 34.1 Å². The zero-order valence-electron chi connectivity index (χ0n) is 14.9. The Labute approximate surface area is 151 Å². The van der Waals surface area contributed by atoms with Crippen LogP contribution < -0.4 is 0 Å². The monoisotopic (exact) mass is 375 g/mol. The van der Waals surface area contributed by atoms with E-state index in [9.17, 15) is 9.59 Å². The van der Waals surface area contributed by atoms with Crippen LogP contribution in [-0.2, 0) is 38.5 Å². The Morgan fingerprint density at radius 2 is 1.33 bits per heavy atom. The number of benzene rings is 1. The van der Waals surface area contributed by atoms with Crippen LogP contribution in [0.2, 0.25) is 0 Å². The molecule has 0 amide bonds. The molecule has 1 aromatic carbocycles. The molecule has 6 nitrogen and oxygen atoms in total. The second-order valence-electron chi connectivity index (χ2n) is 4.32.